The Kier molecular flexibility index (Phi) is 4.68. The largest absolute Gasteiger partial charge is 0.454 e. The van der Waals surface area contributed by atoms with E-state index < -0.39 is 6.61 Å². The fourth-order valence-electron chi connectivity index (χ4n) is 2.43. The average molecular weight is 327 g/mol. The monoisotopic (exact) mass is 327 g/mol. The number of hydrogen-bond donors (Lipinski definition) is 2. The molecule has 2 N–H and O–H groups in total. The molecule has 1 fully saturated rings. The van der Waals surface area contributed by atoms with Crippen LogP contribution in [0, 0.1) is 0 Å². The summed E-state index contributed by atoms with van der Waals surface area (Å²) in [6, 6.07) is 3.49. The number of rotatable bonds is 5. The summed E-state index contributed by atoms with van der Waals surface area (Å²) in [5.74, 6) is 1.62. The van der Waals surface area contributed by atoms with Gasteiger partial charge in [-0.25, -0.2) is 0 Å². The molecule has 0 atom stereocenters. The second kappa shape index (κ2) is 6.89. The van der Waals surface area contributed by atoms with Gasteiger partial charge in [-0.3, -0.25) is 4.99 Å². The minimum atomic E-state index is -2.90. The molecule has 0 amide bonds. The first-order valence-electron chi connectivity index (χ1n) is 7.50. The van der Waals surface area contributed by atoms with Crippen LogP contribution in [0.2, 0.25) is 0 Å². The molecule has 1 heterocycles. The zero-order chi connectivity index (χ0) is 16.2. The maximum absolute atomic E-state index is 12.6. The minimum absolute atomic E-state index is 0.0656. The summed E-state index contributed by atoms with van der Waals surface area (Å²) < 4.78 is 40.2. The van der Waals surface area contributed by atoms with Crippen molar-refractivity contribution >= 4 is 5.96 Å². The van der Waals surface area contributed by atoms with Gasteiger partial charge in [0, 0.05) is 31.3 Å². The third kappa shape index (κ3) is 3.75. The second-order valence-electron chi connectivity index (χ2n) is 5.39. The van der Waals surface area contributed by atoms with Gasteiger partial charge in [0.2, 0.25) is 6.79 Å². The molecule has 1 aromatic carbocycles. The Balaban J connectivity index is 1.69. The molecule has 1 aliphatic heterocycles. The molecular formula is C15H19F2N3O3. The summed E-state index contributed by atoms with van der Waals surface area (Å²) in [5.41, 5.74) is 0.547. The highest BCUT2D eigenvalue weighted by atomic mass is 19.3. The molecule has 2 aliphatic rings. The molecular weight excluding hydrogens is 308 g/mol. The van der Waals surface area contributed by atoms with Crippen LogP contribution in [-0.4, -0.2) is 32.5 Å². The van der Waals surface area contributed by atoms with Crippen molar-refractivity contribution in [2.24, 2.45) is 4.99 Å². The molecule has 1 saturated carbocycles. The molecule has 0 aromatic heterocycles. The zero-order valence-electron chi connectivity index (χ0n) is 12.8. The van der Waals surface area contributed by atoms with Crippen molar-refractivity contribution in [1.82, 2.24) is 10.6 Å². The lowest BCUT2D eigenvalue weighted by molar-refractivity contribution is -0.0505. The molecule has 0 spiro atoms. The van der Waals surface area contributed by atoms with Crippen LogP contribution in [0.3, 0.4) is 0 Å². The van der Waals surface area contributed by atoms with Gasteiger partial charge in [0.1, 0.15) is 5.75 Å². The molecule has 3 rings (SSSR count). The van der Waals surface area contributed by atoms with Crippen LogP contribution >= 0.6 is 0 Å². The van der Waals surface area contributed by atoms with E-state index in [4.69, 9.17) is 9.47 Å². The predicted octanol–water partition coefficient (Wildman–Crippen LogP) is 2.23. The van der Waals surface area contributed by atoms with Crippen LogP contribution in [0.1, 0.15) is 24.8 Å². The van der Waals surface area contributed by atoms with Gasteiger partial charge in [-0.05, 0) is 25.3 Å². The highest BCUT2D eigenvalue weighted by molar-refractivity contribution is 5.80. The predicted molar refractivity (Wildman–Crippen MR) is 80.2 cm³/mol. The van der Waals surface area contributed by atoms with Crippen LogP contribution in [0.4, 0.5) is 8.78 Å². The number of hydrogen-bond acceptors (Lipinski definition) is 4. The average Bonchev–Trinajstić information content (AvgIpc) is 2.92. The fourth-order valence-corrected chi connectivity index (χ4v) is 2.43. The maximum atomic E-state index is 12.6. The van der Waals surface area contributed by atoms with Gasteiger partial charge in [-0.1, -0.05) is 0 Å². The number of benzene rings is 1. The molecule has 126 valence electrons. The van der Waals surface area contributed by atoms with Crippen LogP contribution in [0.15, 0.2) is 17.1 Å². The van der Waals surface area contributed by atoms with Crippen LogP contribution in [-0.2, 0) is 6.54 Å². The molecule has 6 nitrogen and oxygen atoms in total. The van der Waals surface area contributed by atoms with Crippen molar-refractivity contribution in [2.75, 3.05) is 13.8 Å². The standard InChI is InChI=1S/C15H19F2N3O3/c1-18-15(20-10-3-2-4-10)19-7-9-5-12-13(22-8-21-12)6-11(9)23-14(16)17/h5-6,10,14H,2-4,7-8H2,1H3,(H2,18,19,20). The number of fused-ring (bicyclic) bond motifs is 1. The number of guanidine groups is 1. The number of nitrogens with one attached hydrogen (secondary N) is 2. The highest BCUT2D eigenvalue weighted by Crippen LogP contribution is 2.38. The SMILES string of the molecule is CN=C(NCc1cc2c(cc1OC(F)F)OCO2)NC1CCC1. The molecule has 1 aliphatic carbocycles. The van der Waals surface area contributed by atoms with Gasteiger partial charge in [-0.2, -0.15) is 8.78 Å². The second-order valence-corrected chi connectivity index (χ2v) is 5.39. The van der Waals surface area contributed by atoms with Crippen molar-refractivity contribution in [3.05, 3.63) is 17.7 Å². The number of ether oxygens (including phenoxy) is 3. The van der Waals surface area contributed by atoms with E-state index in [1.54, 1.807) is 13.1 Å². The Hall–Kier alpha value is -2.25. The fraction of sp³-hybridized carbons (Fsp3) is 0.533. The summed E-state index contributed by atoms with van der Waals surface area (Å²) >= 11 is 0. The third-order valence-electron chi connectivity index (χ3n) is 3.89. The van der Waals surface area contributed by atoms with E-state index in [1.165, 1.54) is 12.5 Å². The Labute approximate surface area is 132 Å². The van der Waals surface area contributed by atoms with E-state index in [9.17, 15) is 8.78 Å². The van der Waals surface area contributed by atoms with E-state index in [-0.39, 0.29) is 19.1 Å². The van der Waals surface area contributed by atoms with Gasteiger partial charge in [0.05, 0.1) is 0 Å². The first-order chi connectivity index (χ1) is 11.2. The topological polar surface area (TPSA) is 64.1 Å². The van der Waals surface area contributed by atoms with E-state index in [2.05, 4.69) is 20.4 Å². The van der Waals surface area contributed by atoms with Crippen molar-refractivity contribution in [3.63, 3.8) is 0 Å². The van der Waals surface area contributed by atoms with Gasteiger partial charge < -0.3 is 24.8 Å². The zero-order valence-corrected chi connectivity index (χ0v) is 12.8. The quantitative estimate of drug-likeness (QED) is 0.641. The summed E-state index contributed by atoms with van der Waals surface area (Å²) in [5, 5.41) is 6.39. The minimum Gasteiger partial charge on any atom is -0.454 e. The number of alkyl halides is 2. The van der Waals surface area contributed by atoms with Gasteiger partial charge in [-0.15, -0.1) is 0 Å². The first kappa shape index (κ1) is 15.6. The van der Waals surface area contributed by atoms with Crippen molar-refractivity contribution in [3.8, 4) is 17.2 Å². The summed E-state index contributed by atoms with van der Waals surface area (Å²) in [6.45, 7) is -2.54. The van der Waals surface area contributed by atoms with Crippen molar-refractivity contribution in [1.29, 1.82) is 0 Å². The summed E-state index contributed by atoms with van der Waals surface area (Å²) in [7, 11) is 1.67. The molecule has 0 bridgehead atoms. The highest BCUT2D eigenvalue weighted by Gasteiger charge is 2.21. The lowest BCUT2D eigenvalue weighted by atomic mass is 9.93. The maximum Gasteiger partial charge on any atom is 0.387 e. The Morgan fingerprint density at radius 2 is 2.09 bits per heavy atom. The first-order valence-corrected chi connectivity index (χ1v) is 7.50. The molecule has 0 saturated heterocycles. The van der Waals surface area contributed by atoms with Crippen LogP contribution < -0.4 is 24.8 Å². The van der Waals surface area contributed by atoms with Gasteiger partial charge in [0.15, 0.2) is 17.5 Å². The lowest BCUT2D eigenvalue weighted by Crippen LogP contribution is -2.46. The summed E-state index contributed by atoms with van der Waals surface area (Å²) in [6.07, 6.45) is 3.44. The Bertz CT molecular complexity index is 592. The normalized spacial score (nSPS) is 17.1. The Morgan fingerprint density at radius 1 is 1.35 bits per heavy atom. The van der Waals surface area contributed by atoms with Gasteiger partial charge in [0.25, 0.3) is 0 Å². The van der Waals surface area contributed by atoms with Crippen LogP contribution in [0.5, 0.6) is 17.2 Å². The number of aliphatic imine (C=N–C) groups is 1. The molecule has 1 aromatic rings. The number of nitrogens with zero attached hydrogens (tertiary/aromatic N) is 1. The van der Waals surface area contributed by atoms with Crippen molar-refractivity contribution < 1.29 is 23.0 Å². The van der Waals surface area contributed by atoms with E-state index >= 15 is 0 Å². The lowest BCUT2D eigenvalue weighted by Gasteiger charge is -2.28. The smallest absolute Gasteiger partial charge is 0.387 e. The molecule has 8 heteroatoms. The number of halogens is 2. The molecule has 23 heavy (non-hydrogen) atoms. The van der Waals surface area contributed by atoms with Gasteiger partial charge >= 0.3 is 6.61 Å². The Morgan fingerprint density at radius 3 is 2.70 bits per heavy atom. The van der Waals surface area contributed by atoms with E-state index in [0.29, 0.717) is 29.1 Å². The third-order valence-corrected chi connectivity index (χ3v) is 3.89. The van der Waals surface area contributed by atoms with Crippen LogP contribution in [0.25, 0.3) is 0 Å². The van der Waals surface area contributed by atoms with Crippen molar-refractivity contribution in [2.45, 2.75) is 38.5 Å². The summed E-state index contributed by atoms with van der Waals surface area (Å²) in [4.78, 5) is 4.14. The van der Waals surface area contributed by atoms with E-state index in [1.807, 2.05) is 0 Å². The molecule has 0 unspecified atom stereocenters. The van der Waals surface area contributed by atoms with E-state index in [0.717, 1.165) is 12.8 Å². The molecule has 0 radical (unpaired) electrons.